The summed E-state index contributed by atoms with van der Waals surface area (Å²) in [5, 5.41) is 0.554. The molecule has 106 valence electrons. The van der Waals surface area contributed by atoms with Crippen LogP contribution in [0.25, 0.3) is 10.9 Å². The maximum atomic E-state index is 12.1. The zero-order valence-corrected chi connectivity index (χ0v) is 11.7. The molecule has 0 radical (unpaired) electrons. The summed E-state index contributed by atoms with van der Waals surface area (Å²) in [6.45, 7) is 4.16. The van der Waals surface area contributed by atoms with Gasteiger partial charge in [0.1, 0.15) is 0 Å². The molecule has 0 aliphatic carbocycles. The zero-order valence-electron chi connectivity index (χ0n) is 11.7. The number of nitrogens with one attached hydrogen (secondary N) is 1. The summed E-state index contributed by atoms with van der Waals surface area (Å²) in [7, 11) is 0. The van der Waals surface area contributed by atoms with Gasteiger partial charge in [-0.25, -0.2) is 4.98 Å². The van der Waals surface area contributed by atoms with Crippen molar-refractivity contribution in [3.05, 3.63) is 28.6 Å². The van der Waals surface area contributed by atoms with Crippen molar-refractivity contribution in [2.75, 3.05) is 23.7 Å². The second-order valence-electron chi connectivity index (χ2n) is 5.56. The van der Waals surface area contributed by atoms with E-state index in [1.54, 1.807) is 12.1 Å². The first-order chi connectivity index (χ1) is 9.67. The number of nitrogens with two attached hydrogens (primary N) is 1. The molecule has 1 atom stereocenters. The Morgan fingerprint density at radius 3 is 3.15 bits per heavy atom. The van der Waals surface area contributed by atoms with Crippen LogP contribution < -0.4 is 16.2 Å². The summed E-state index contributed by atoms with van der Waals surface area (Å²) in [5.74, 6) is 1.40. The average Bonchev–Trinajstić information content (AvgIpc) is 2.88. The van der Waals surface area contributed by atoms with Gasteiger partial charge in [0.15, 0.2) is 0 Å². The van der Waals surface area contributed by atoms with E-state index in [0.717, 1.165) is 13.1 Å². The standard InChI is InChI=1S/C15H20N4O/c1-2-3-10-6-7-19(9-10)15-17-13-5-4-11(16)8-12(13)14(20)18-15/h4-5,8,10H,2-3,6-7,9,16H2,1H3,(H,17,18,20). The molecule has 0 amide bonds. The molecule has 1 fully saturated rings. The predicted molar refractivity (Wildman–Crippen MR) is 82.0 cm³/mol. The minimum atomic E-state index is -0.115. The van der Waals surface area contributed by atoms with Gasteiger partial charge in [-0.15, -0.1) is 0 Å². The van der Waals surface area contributed by atoms with Crippen LogP contribution in [0.4, 0.5) is 11.6 Å². The largest absolute Gasteiger partial charge is 0.399 e. The lowest BCUT2D eigenvalue weighted by Gasteiger charge is -2.17. The second kappa shape index (κ2) is 5.15. The van der Waals surface area contributed by atoms with Crippen molar-refractivity contribution in [3.8, 4) is 0 Å². The van der Waals surface area contributed by atoms with Crippen molar-refractivity contribution >= 4 is 22.5 Å². The van der Waals surface area contributed by atoms with Gasteiger partial charge in [-0.1, -0.05) is 13.3 Å². The van der Waals surface area contributed by atoms with E-state index in [9.17, 15) is 4.79 Å². The van der Waals surface area contributed by atoms with Crippen molar-refractivity contribution in [3.63, 3.8) is 0 Å². The molecule has 1 aliphatic heterocycles. The molecule has 2 heterocycles. The Bertz CT molecular complexity index is 679. The number of aromatic amines is 1. The maximum Gasteiger partial charge on any atom is 0.260 e. The van der Waals surface area contributed by atoms with E-state index in [4.69, 9.17) is 5.73 Å². The SMILES string of the molecule is CCCC1CCN(c2nc3ccc(N)cc3c(=O)[nH]2)C1. The fraction of sp³-hybridized carbons (Fsp3) is 0.467. The van der Waals surface area contributed by atoms with Gasteiger partial charge in [-0.2, -0.15) is 0 Å². The van der Waals surface area contributed by atoms with Crippen molar-refractivity contribution in [2.45, 2.75) is 26.2 Å². The molecule has 3 N–H and O–H groups in total. The number of fused-ring (bicyclic) bond motifs is 1. The first-order valence-corrected chi connectivity index (χ1v) is 7.22. The summed E-state index contributed by atoms with van der Waals surface area (Å²) in [4.78, 5) is 21.8. The number of aromatic nitrogens is 2. The molecule has 2 aromatic rings. The minimum absolute atomic E-state index is 0.115. The molecule has 1 unspecified atom stereocenters. The van der Waals surface area contributed by atoms with E-state index in [-0.39, 0.29) is 5.56 Å². The lowest BCUT2D eigenvalue weighted by molar-refractivity contribution is 0.529. The summed E-state index contributed by atoms with van der Waals surface area (Å²) >= 11 is 0. The van der Waals surface area contributed by atoms with Gasteiger partial charge in [0.2, 0.25) is 5.95 Å². The van der Waals surface area contributed by atoms with Crippen LogP contribution in [0.3, 0.4) is 0 Å². The van der Waals surface area contributed by atoms with Crippen LogP contribution in [0.1, 0.15) is 26.2 Å². The number of benzene rings is 1. The Morgan fingerprint density at radius 1 is 1.50 bits per heavy atom. The number of anilines is 2. The zero-order chi connectivity index (χ0) is 14.1. The van der Waals surface area contributed by atoms with E-state index < -0.39 is 0 Å². The van der Waals surface area contributed by atoms with Crippen molar-refractivity contribution in [1.29, 1.82) is 0 Å². The van der Waals surface area contributed by atoms with Crippen LogP contribution in [0.5, 0.6) is 0 Å². The Hall–Kier alpha value is -2.04. The fourth-order valence-electron chi connectivity index (χ4n) is 2.96. The molecule has 1 aromatic heterocycles. The fourth-order valence-corrected chi connectivity index (χ4v) is 2.96. The van der Waals surface area contributed by atoms with E-state index >= 15 is 0 Å². The Balaban J connectivity index is 1.94. The summed E-state index contributed by atoms with van der Waals surface area (Å²) in [6, 6.07) is 5.26. The lowest BCUT2D eigenvalue weighted by Crippen LogP contribution is -2.25. The summed E-state index contributed by atoms with van der Waals surface area (Å²) < 4.78 is 0. The Labute approximate surface area is 117 Å². The highest BCUT2D eigenvalue weighted by atomic mass is 16.1. The predicted octanol–water partition coefficient (Wildman–Crippen LogP) is 2.13. The maximum absolute atomic E-state index is 12.1. The van der Waals surface area contributed by atoms with Gasteiger partial charge >= 0.3 is 0 Å². The van der Waals surface area contributed by atoms with E-state index in [1.807, 2.05) is 6.07 Å². The van der Waals surface area contributed by atoms with Crippen LogP contribution in [0, 0.1) is 5.92 Å². The number of hydrogen-bond donors (Lipinski definition) is 2. The normalized spacial score (nSPS) is 18.9. The Morgan fingerprint density at radius 2 is 2.35 bits per heavy atom. The smallest absolute Gasteiger partial charge is 0.260 e. The Kier molecular flexibility index (Phi) is 3.34. The monoisotopic (exact) mass is 272 g/mol. The van der Waals surface area contributed by atoms with Gasteiger partial charge in [0.05, 0.1) is 10.9 Å². The highest BCUT2D eigenvalue weighted by molar-refractivity contribution is 5.81. The topological polar surface area (TPSA) is 75.0 Å². The molecule has 0 bridgehead atoms. The van der Waals surface area contributed by atoms with Crippen LogP contribution in [0.15, 0.2) is 23.0 Å². The second-order valence-corrected chi connectivity index (χ2v) is 5.56. The van der Waals surface area contributed by atoms with Gasteiger partial charge in [-0.05, 0) is 37.0 Å². The molecular formula is C15H20N4O. The summed E-state index contributed by atoms with van der Waals surface area (Å²) in [5.41, 5.74) is 6.89. The number of nitrogens with zero attached hydrogens (tertiary/aromatic N) is 2. The molecule has 1 saturated heterocycles. The third-order valence-corrected chi connectivity index (χ3v) is 4.00. The van der Waals surface area contributed by atoms with Crippen LogP contribution in [-0.4, -0.2) is 23.1 Å². The van der Waals surface area contributed by atoms with Gasteiger partial charge < -0.3 is 10.6 Å². The molecular weight excluding hydrogens is 252 g/mol. The third kappa shape index (κ3) is 2.35. The third-order valence-electron chi connectivity index (χ3n) is 4.00. The van der Waals surface area contributed by atoms with E-state index in [0.29, 0.717) is 28.5 Å². The van der Waals surface area contributed by atoms with E-state index in [2.05, 4.69) is 21.8 Å². The summed E-state index contributed by atoms with van der Waals surface area (Å²) in [6.07, 6.45) is 3.63. The van der Waals surface area contributed by atoms with Crippen LogP contribution in [0.2, 0.25) is 0 Å². The lowest BCUT2D eigenvalue weighted by atomic mass is 10.0. The molecule has 1 aliphatic rings. The first kappa shape index (κ1) is 13.0. The van der Waals surface area contributed by atoms with Crippen molar-refractivity contribution in [1.82, 2.24) is 9.97 Å². The molecule has 0 spiro atoms. The number of hydrogen-bond acceptors (Lipinski definition) is 4. The molecule has 5 heteroatoms. The number of H-pyrrole nitrogens is 1. The number of nitrogen functional groups attached to an aromatic ring is 1. The first-order valence-electron chi connectivity index (χ1n) is 7.22. The van der Waals surface area contributed by atoms with E-state index in [1.165, 1.54) is 19.3 Å². The average molecular weight is 272 g/mol. The molecule has 20 heavy (non-hydrogen) atoms. The van der Waals surface area contributed by atoms with Crippen molar-refractivity contribution < 1.29 is 0 Å². The molecule has 0 saturated carbocycles. The van der Waals surface area contributed by atoms with Gasteiger partial charge in [0.25, 0.3) is 5.56 Å². The minimum Gasteiger partial charge on any atom is -0.399 e. The highest BCUT2D eigenvalue weighted by Crippen LogP contribution is 2.24. The molecule has 5 nitrogen and oxygen atoms in total. The van der Waals surface area contributed by atoms with Crippen LogP contribution >= 0.6 is 0 Å². The van der Waals surface area contributed by atoms with Gasteiger partial charge in [0, 0.05) is 18.8 Å². The molecule has 1 aromatic carbocycles. The van der Waals surface area contributed by atoms with Crippen LogP contribution in [-0.2, 0) is 0 Å². The van der Waals surface area contributed by atoms with Gasteiger partial charge in [-0.3, -0.25) is 9.78 Å². The molecule has 3 rings (SSSR count). The number of rotatable bonds is 3. The van der Waals surface area contributed by atoms with Crippen molar-refractivity contribution in [2.24, 2.45) is 5.92 Å². The quantitative estimate of drug-likeness (QED) is 0.839. The highest BCUT2D eigenvalue weighted by Gasteiger charge is 2.23.